The highest BCUT2D eigenvalue weighted by Crippen LogP contribution is 2.32. The van der Waals surface area contributed by atoms with Gasteiger partial charge in [-0.3, -0.25) is 14.6 Å². The van der Waals surface area contributed by atoms with Crippen molar-refractivity contribution in [3.05, 3.63) is 46.3 Å². The van der Waals surface area contributed by atoms with Gasteiger partial charge in [-0.1, -0.05) is 35.3 Å². The van der Waals surface area contributed by atoms with E-state index in [9.17, 15) is 4.79 Å². The molecule has 31 heavy (non-hydrogen) atoms. The van der Waals surface area contributed by atoms with Crippen molar-refractivity contribution in [2.45, 2.75) is 19.1 Å². The third-order valence-corrected chi connectivity index (χ3v) is 7.18. The van der Waals surface area contributed by atoms with Crippen LogP contribution in [0.5, 0.6) is 0 Å². The van der Waals surface area contributed by atoms with E-state index in [0.717, 1.165) is 37.2 Å². The number of carbonyl (C=O) groups is 1. The summed E-state index contributed by atoms with van der Waals surface area (Å²) in [6.45, 7) is 7.64. The van der Waals surface area contributed by atoms with Gasteiger partial charge in [0.1, 0.15) is 0 Å². The molecule has 1 aromatic heterocycles. The molecule has 0 aliphatic carbocycles. The number of halogens is 2. The van der Waals surface area contributed by atoms with Gasteiger partial charge in [0.05, 0.1) is 35.5 Å². The summed E-state index contributed by atoms with van der Waals surface area (Å²) >= 11 is 13.6. The maximum atomic E-state index is 13.1. The lowest BCUT2D eigenvalue weighted by Gasteiger charge is -2.34. The molecule has 0 N–H and O–H groups in total. The first-order valence-corrected chi connectivity index (χ1v) is 12.0. The number of hydrogen-bond acceptors (Lipinski definition) is 6. The molecular weight excluding hydrogens is 457 g/mol. The van der Waals surface area contributed by atoms with Crippen LogP contribution >= 0.6 is 34.5 Å². The van der Waals surface area contributed by atoms with Crippen LogP contribution in [0.25, 0.3) is 11.3 Å². The molecule has 0 radical (unpaired) electrons. The van der Waals surface area contributed by atoms with E-state index in [2.05, 4.69) is 16.5 Å². The third kappa shape index (κ3) is 5.48. The quantitative estimate of drug-likeness (QED) is 0.535. The van der Waals surface area contributed by atoms with E-state index in [4.69, 9.17) is 32.7 Å². The van der Waals surface area contributed by atoms with Crippen molar-refractivity contribution in [1.29, 1.82) is 0 Å². The summed E-state index contributed by atoms with van der Waals surface area (Å²) in [5, 5.41) is 3.54. The molecule has 2 fully saturated rings. The fourth-order valence-corrected chi connectivity index (χ4v) is 5.06. The van der Waals surface area contributed by atoms with Crippen molar-refractivity contribution < 1.29 is 14.3 Å². The van der Waals surface area contributed by atoms with Crippen LogP contribution in [0.15, 0.2) is 36.2 Å². The molecule has 2 aliphatic heterocycles. The van der Waals surface area contributed by atoms with Gasteiger partial charge in [-0.2, -0.15) is 0 Å². The van der Waals surface area contributed by atoms with Gasteiger partial charge in [-0.05, 0) is 38.1 Å². The summed E-state index contributed by atoms with van der Waals surface area (Å²) in [4.78, 5) is 21.7. The molecule has 2 aliphatic rings. The number of aromatic nitrogens is 1. The van der Waals surface area contributed by atoms with E-state index < -0.39 is 0 Å². The van der Waals surface area contributed by atoms with E-state index in [1.54, 1.807) is 23.1 Å². The van der Waals surface area contributed by atoms with Crippen molar-refractivity contribution in [3.8, 4) is 11.3 Å². The highest BCUT2D eigenvalue weighted by molar-refractivity contribution is 7.14. The Morgan fingerprint density at radius 1 is 1.26 bits per heavy atom. The number of carbonyl (C=O) groups excluding carboxylic acids is 1. The van der Waals surface area contributed by atoms with Crippen LogP contribution < -0.4 is 4.90 Å². The van der Waals surface area contributed by atoms with Gasteiger partial charge in [0.25, 0.3) is 0 Å². The average Bonchev–Trinajstić information content (AvgIpc) is 3.47. The second kappa shape index (κ2) is 10.4. The van der Waals surface area contributed by atoms with Crippen molar-refractivity contribution in [1.82, 2.24) is 9.88 Å². The molecule has 2 aromatic rings. The van der Waals surface area contributed by atoms with E-state index in [1.165, 1.54) is 11.3 Å². The van der Waals surface area contributed by atoms with Gasteiger partial charge in [0, 0.05) is 23.4 Å². The monoisotopic (exact) mass is 481 g/mol. The smallest absolute Gasteiger partial charge is 0.243 e. The fourth-order valence-electron chi connectivity index (χ4n) is 3.90. The molecule has 0 spiro atoms. The van der Waals surface area contributed by atoms with Crippen LogP contribution in [0, 0.1) is 5.92 Å². The SMILES string of the molecule is C=CCN(C(=O)CN1CCC(C2OCCO2)CC1)c1nc(-c2ccc(Cl)c(Cl)c2)cs1. The Balaban J connectivity index is 1.39. The first-order valence-electron chi connectivity index (χ1n) is 10.3. The number of anilines is 1. The zero-order valence-electron chi connectivity index (χ0n) is 17.1. The van der Waals surface area contributed by atoms with Crippen LogP contribution in [-0.4, -0.2) is 61.5 Å². The van der Waals surface area contributed by atoms with Crippen molar-refractivity contribution >= 4 is 45.6 Å². The molecule has 2 saturated heterocycles. The number of hydrogen-bond donors (Lipinski definition) is 0. The molecule has 0 unspecified atom stereocenters. The normalized spacial score (nSPS) is 18.4. The van der Waals surface area contributed by atoms with E-state index >= 15 is 0 Å². The Bertz CT molecular complexity index is 924. The number of likely N-dealkylation sites (tertiary alicyclic amines) is 1. The first kappa shape index (κ1) is 22.7. The lowest BCUT2D eigenvalue weighted by atomic mass is 9.96. The molecule has 4 rings (SSSR count). The summed E-state index contributed by atoms with van der Waals surface area (Å²) < 4.78 is 11.3. The summed E-state index contributed by atoms with van der Waals surface area (Å²) in [6, 6.07) is 5.40. The number of piperidine rings is 1. The molecule has 0 bridgehead atoms. The zero-order chi connectivity index (χ0) is 21.8. The van der Waals surface area contributed by atoms with Gasteiger partial charge in [-0.25, -0.2) is 4.98 Å². The summed E-state index contributed by atoms with van der Waals surface area (Å²) in [7, 11) is 0. The van der Waals surface area contributed by atoms with Gasteiger partial charge >= 0.3 is 0 Å². The Kier molecular flexibility index (Phi) is 7.63. The molecule has 0 saturated carbocycles. The van der Waals surface area contributed by atoms with Crippen LogP contribution in [0.3, 0.4) is 0 Å². The largest absolute Gasteiger partial charge is 0.350 e. The van der Waals surface area contributed by atoms with Crippen LogP contribution in [0.1, 0.15) is 12.8 Å². The molecular formula is C22H25Cl2N3O3S. The standard InChI is InChI=1S/C22H25Cl2N3O3S/c1-2-7-27(22-25-19(14-31-22)16-3-4-17(23)18(24)12-16)20(28)13-26-8-5-15(6-9-26)21-29-10-11-30-21/h2-4,12,14-15,21H,1,5-11,13H2. The van der Waals surface area contributed by atoms with Crippen LogP contribution in [-0.2, 0) is 14.3 Å². The molecule has 166 valence electrons. The van der Waals surface area contributed by atoms with Crippen LogP contribution in [0.2, 0.25) is 10.0 Å². The van der Waals surface area contributed by atoms with Gasteiger partial charge in [0.2, 0.25) is 5.91 Å². The minimum absolute atomic E-state index is 0.0155. The Morgan fingerprint density at radius 2 is 2.00 bits per heavy atom. The highest BCUT2D eigenvalue weighted by atomic mass is 35.5. The second-order valence-electron chi connectivity index (χ2n) is 7.66. The van der Waals surface area contributed by atoms with Crippen molar-refractivity contribution in [3.63, 3.8) is 0 Å². The molecule has 1 amide bonds. The first-order chi connectivity index (χ1) is 15.0. The van der Waals surface area contributed by atoms with Crippen molar-refractivity contribution in [2.75, 3.05) is 44.3 Å². The minimum Gasteiger partial charge on any atom is -0.350 e. The van der Waals surface area contributed by atoms with Gasteiger partial charge in [0.15, 0.2) is 11.4 Å². The number of thiazole rings is 1. The summed E-state index contributed by atoms with van der Waals surface area (Å²) in [5.74, 6) is 0.424. The van der Waals surface area contributed by atoms with Crippen LogP contribution in [0.4, 0.5) is 5.13 Å². The van der Waals surface area contributed by atoms with Gasteiger partial charge < -0.3 is 9.47 Å². The Labute approximate surface area is 196 Å². The molecule has 1 aromatic carbocycles. The molecule has 0 atom stereocenters. The Morgan fingerprint density at radius 3 is 2.68 bits per heavy atom. The number of nitrogens with zero attached hydrogens (tertiary/aromatic N) is 3. The highest BCUT2D eigenvalue weighted by Gasteiger charge is 2.31. The third-order valence-electron chi connectivity index (χ3n) is 5.57. The lowest BCUT2D eigenvalue weighted by molar-refractivity contribution is -0.121. The zero-order valence-corrected chi connectivity index (χ0v) is 19.5. The molecule has 3 heterocycles. The van der Waals surface area contributed by atoms with E-state index in [-0.39, 0.29) is 12.2 Å². The number of benzene rings is 1. The predicted octanol–water partition coefficient (Wildman–Crippen LogP) is 4.72. The van der Waals surface area contributed by atoms with Crippen molar-refractivity contribution in [2.24, 2.45) is 5.92 Å². The summed E-state index contributed by atoms with van der Waals surface area (Å²) in [5.41, 5.74) is 1.62. The maximum Gasteiger partial charge on any atom is 0.243 e. The number of rotatable bonds is 7. The van der Waals surface area contributed by atoms with E-state index in [1.807, 2.05) is 11.4 Å². The second-order valence-corrected chi connectivity index (χ2v) is 9.31. The number of ether oxygens (including phenoxy) is 2. The van der Waals surface area contributed by atoms with Gasteiger partial charge in [-0.15, -0.1) is 17.9 Å². The average molecular weight is 482 g/mol. The predicted molar refractivity (Wildman–Crippen MR) is 125 cm³/mol. The van der Waals surface area contributed by atoms with E-state index in [0.29, 0.717) is 47.4 Å². The Hall–Kier alpha value is -1.48. The topological polar surface area (TPSA) is 54.9 Å². The fraction of sp³-hybridized carbons (Fsp3) is 0.455. The lowest BCUT2D eigenvalue weighted by Crippen LogP contribution is -2.45. The summed E-state index contributed by atoms with van der Waals surface area (Å²) in [6.07, 6.45) is 3.58. The maximum absolute atomic E-state index is 13.1. The molecule has 9 heteroatoms. The molecule has 6 nitrogen and oxygen atoms in total. The minimum atomic E-state index is -0.0785. The number of amides is 1.